The first-order valence-corrected chi connectivity index (χ1v) is 11.4. The highest BCUT2D eigenvalue weighted by molar-refractivity contribution is 7.98. The van der Waals surface area contributed by atoms with Gasteiger partial charge in [-0.05, 0) is 30.2 Å². The number of hydrogen-bond donors (Lipinski definition) is 2. The van der Waals surface area contributed by atoms with Crippen LogP contribution in [0.2, 0.25) is 0 Å². The average Bonchev–Trinajstić information content (AvgIpc) is 3.19. The molecule has 1 amide bonds. The van der Waals surface area contributed by atoms with Gasteiger partial charge in [0.1, 0.15) is 6.33 Å². The number of aryl methyl sites for hydroxylation is 1. The molecule has 0 saturated carbocycles. The molecule has 0 spiro atoms. The van der Waals surface area contributed by atoms with Crippen LogP contribution in [0, 0.1) is 0 Å². The summed E-state index contributed by atoms with van der Waals surface area (Å²) >= 11 is 1.45. The normalized spacial score (nSPS) is 14.9. The maximum atomic E-state index is 12.8. The average molecular weight is 432 g/mol. The van der Waals surface area contributed by atoms with Gasteiger partial charge < -0.3 is 15.1 Å². The third-order valence-electron chi connectivity index (χ3n) is 5.12. The summed E-state index contributed by atoms with van der Waals surface area (Å²) < 4.78 is 1.67. The van der Waals surface area contributed by atoms with Gasteiger partial charge in [-0.2, -0.15) is 5.10 Å². The summed E-state index contributed by atoms with van der Waals surface area (Å²) in [6.45, 7) is 3.17. The van der Waals surface area contributed by atoms with Crippen LogP contribution in [0.15, 0.2) is 36.7 Å². The number of benzene rings is 1. The van der Waals surface area contributed by atoms with Gasteiger partial charge in [0.15, 0.2) is 5.82 Å². The van der Waals surface area contributed by atoms with Crippen molar-refractivity contribution in [2.75, 3.05) is 31.8 Å². The van der Waals surface area contributed by atoms with Crippen LogP contribution in [-0.2, 0) is 11.8 Å². The summed E-state index contributed by atoms with van der Waals surface area (Å²) in [6.07, 6.45) is 6.89. The van der Waals surface area contributed by atoms with Crippen LogP contribution in [0.5, 0.6) is 0 Å². The third kappa shape index (κ3) is 4.92. The number of aromatic nitrogens is 3. The van der Waals surface area contributed by atoms with E-state index in [1.54, 1.807) is 11.0 Å². The first-order chi connectivity index (χ1) is 14.4. The Morgan fingerprint density at radius 3 is 2.50 bits per heavy atom. The number of amides is 1. The Kier molecular flexibility index (Phi) is 7.30. The zero-order chi connectivity index (χ0) is 21.7. The predicted molar refractivity (Wildman–Crippen MR) is 118 cm³/mol. The molecule has 0 fully saturated rings. The number of rotatable bonds is 8. The van der Waals surface area contributed by atoms with Crippen LogP contribution < -0.4 is 0 Å². The number of hydrogen-bond acceptors (Lipinski definition) is 7. The molecule has 0 aliphatic carbocycles. The number of carbonyl (C=O) groups excluding carboxylic acids is 1. The van der Waals surface area contributed by atoms with Crippen molar-refractivity contribution < 1.29 is 15.0 Å². The number of aliphatic hydroxyl groups is 2. The van der Waals surface area contributed by atoms with Gasteiger partial charge in [0.05, 0.1) is 0 Å². The molecule has 0 bridgehead atoms. The zero-order valence-electron chi connectivity index (χ0n) is 17.7. The Morgan fingerprint density at radius 1 is 1.27 bits per heavy atom. The first-order valence-electron chi connectivity index (χ1n) is 10.0. The Balaban J connectivity index is 1.67. The van der Waals surface area contributed by atoms with Crippen molar-refractivity contribution in [3.8, 4) is 11.4 Å². The first kappa shape index (κ1) is 22.5. The number of nitrogens with zero attached hydrogens (tertiary/aromatic N) is 5. The van der Waals surface area contributed by atoms with Crippen LogP contribution in [0.1, 0.15) is 25.3 Å². The van der Waals surface area contributed by atoms with E-state index >= 15 is 0 Å². The highest BCUT2D eigenvalue weighted by atomic mass is 32.2. The van der Waals surface area contributed by atoms with Crippen molar-refractivity contribution in [3.63, 3.8) is 0 Å². The van der Waals surface area contributed by atoms with E-state index in [0.29, 0.717) is 37.8 Å². The van der Waals surface area contributed by atoms with Gasteiger partial charge in [-0.3, -0.25) is 9.48 Å². The van der Waals surface area contributed by atoms with E-state index in [-0.39, 0.29) is 0 Å². The molecule has 1 aliphatic rings. The smallest absolute Gasteiger partial charge is 0.309 e. The van der Waals surface area contributed by atoms with Gasteiger partial charge in [-0.25, -0.2) is 9.88 Å². The molecule has 1 aromatic heterocycles. The zero-order valence-corrected chi connectivity index (χ0v) is 18.5. The van der Waals surface area contributed by atoms with Crippen molar-refractivity contribution in [2.45, 2.75) is 25.7 Å². The fourth-order valence-corrected chi connectivity index (χ4v) is 4.13. The summed E-state index contributed by atoms with van der Waals surface area (Å²) in [7, 11) is 1.83. The molecule has 2 N–H and O–H groups in total. The summed E-state index contributed by atoms with van der Waals surface area (Å²) in [5.74, 6) is -2.10. The quantitative estimate of drug-likeness (QED) is 0.615. The van der Waals surface area contributed by atoms with Crippen molar-refractivity contribution in [2.24, 2.45) is 7.05 Å². The third-order valence-corrected chi connectivity index (χ3v) is 5.69. The second-order valence-electron chi connectivity index (χ2n) is 7.37. The lowest BCUT2D eigenvalue weighted by atomic mass is 9.98. The maximum Gasteiger partial charge on any atom is 0.309 e. The number of thioether (sulfide) groups is 1. The van der Waals surface area contributed by atoms with E-state index in [1.165, 1.54) is 21.6 Å². The minimum absolute atomic E-state index is 0.347. The van der Waals surface area contributed by atoms with E-state index in [0.717, 1.165) is 23.1 Å². The molecule has 1 aliphatic heterocycles. The molecule has 0 saturated heterocycles. The monoisotopic (exact) mass is 431 g/mol. The molecule has 0 atom stereocenters. The van der Waals surface area contributed by atoms with Gasteiger partial charge in [0.25, 0.3) is 5.91 Å². The van der Waals surface area contributed by atoms with Crippen molar-refractivity contribution in [3.05, 3.63) is 42.2 Å². The summed E-state index contributed by atoms with van der Waals surface area (Å²) in [5.41, 5.74) is 3.16. The van der Waals surface area contributed by atoms with Gasteiger partial charge >= 0.3 is 5.91 Å². The molecule has 0 radical (unpaired) electrons. The van der Waals surface area contributed by atoms with Crippen LogP contribution in [-0.4, -0.2) is 78.4 Å². The van der Waals surface area contributed by atoms with E-state index in [2.05, 4.69) is 10.1 Å². The fraction of sp³-hybridized carbons (Fsp3) is 0.476. The molecular formula is C21H29N5O3S. The van der Waals surface area contributed by atoms with Crippen LogP contribution >= 0.6 is 11.8 Å². The second kappa shape index (κ2) is 9.74. The Bertz CT molecular complexity index is 888. The van der Waals surface area contributed by atoms with Crippen LogP contribution in [0.3, 0.4) is 0 Å². The van der Waals surface area contributed by atoms with Crippen LogP contribution in [0.25, 0.3) is 17.0 Å². The van der Waals surface area contributed by atoms with Crippen molar-refractivity contribution in [1.29, 1.82) is 0 Å². The van der Waals surface area contributed by atoms with Gasteiger partial charge in [0, 0.05) is 38.1 Å². The Labute approximate surface area is 181 Å². The summed E-state index contributed by atoms with van der Waals surface area (Å²) in [6, 6.07) is 8.03. The molecule has 9 heteroatoms. The Morgan fingerprint density at radius 2 is 1.97 bits per heavy atom. The lowest BCUT2D eigenvalue weighted by molar-refractivity contribution is -0.253. The summed E-state index contributed by atoms with van der Waals surface area (Å²) in [5, 5.41) is 25.4. The van der Waals surface area contributed by atoms with E-state index in [1.807, 2.05) is 50.6 Å². The minimum Gasteiger partial charge on any atom is -0.346 e. The summed E-state index contributed by atoms with van der Waals surface area (Å²) in [4.78, 5) is 20.0. The molecule has 162 valence electrons. The van der Waals surface area contributed by atoms with Crippen molar-refractivity contribution in [1.82, 2.24) is 24.6 Å². The molecule has 2 heterocycles. The molecule has 2 aromatic rings. The molecule has 0 unspecified atom stereocenters. The SMILES string of the molecule is CCCN(CSC)C(O)(O)C(=O)N1CC=C(c2ccc(-c3ncn(C)n3)cc2)CC1. The predicted octanol–water partition coefficient (Wildman–Crippen LogP) is 1.77. The highest BCUT2D eigenvalue weighted by Gasteiger charge is 2.43. The Hall–Kier alpha value is -2.20. The van der Waals surface area contributed by atoms with Crippen LogP contribution in [0.4, 0.5) is 0 Å². The van der Waals surface area contributed by atoms with Crippen molar-refractivity contribution >= 4 is 23.2 Å². The largest absolute Gasteiger partial charge is 0.346 e. The van der Waals surface area contributed by atoms with E-state index in [9.17, 15) is 15.0 Å². The molecule has 30 heavy (non-hydrogen) atoms. The highest BCUT2D eigenvalue weighted by Crippen LogP contribution is 2.26. The maximum absolute atomic E-state index is 12.8. The number of carbonyl (C=O) groups is 1. The molecule has 1 aromatic carbocycles. The molecular weight excluding hydrogens is 402 g/mol. The second-order valence-corrected chi connectivity index (χ2v) is 8.20. The fourth-order valence-electron chi connectivity index (χ4n) is 3.50. The van der Waals surface area contributed by atoms with Gasteiger partial charge in [-0.15, -0.1) is 11.8 Å². The molecule has 8 nitrogen and oxygen atoms in total. The van der Waals surface area contributed by atoms with E-state index in [4.69, 9.17) is 0 Å². The lowest BCUT2D eigenvalue weighted by Crippen LogP contribution is -2.60. The van der Waals surface area contributed by atoms with Gasteiger partial charge in [-0.1, -0.05) is 37.3 Å². The molecule has 3 rings (SSSR count). The lowest BCUT2D eigenvalue weighted by Gasteiger charge is -2.37. The van der Waals surface area contributed by atoms with E-state index < -0.39 is 11.8 Å². The topological polar surface area (TPSA) is 94.7 Å². The standard InChI is InChI=1S/C21H29N5O3S/c1-4-11-26(15-30-3)21(28,29)20(27)25-12-9-17(10-13-25)16-5-7-18(8-6-16)19-22-14-24(2)23-19/h5-9,14,28-29H,4,10-13,15H2,1-3H3. The minimum atomic E-state index is -2.48. The van der Waals surface area contributed by atoms with Gasteiger partial charge in [0.2, 0.25) is 0 Å².